The lowest BCUT2D eigenvalue weighted by atomic mass is 9.74. The maximum Gasteiger partial charge on any atom is 0.194 e. The normalized spacial score (nSPS) is 22.8. The average Bonchev–Trinajstić information content (AvgIpc) is 2.68. The smallest absolute Gasteiger partial charge is 0.194 e. The molecule has 1 N–H and O–H groups in total. The van der Waals surface area contributed by atoms with Crippen LogP contribution < -0.4 is 5.32 Å². The minimum atomic E-state index is -3.12. The summed E-state index contributed by atoms with van der Waals surface area (Å²) >= 11 is 0. The number of guanidine groups is 1. The van der Waals surface area contributed by atoms with Crippen LogP contribution in [0.1, 0.15) is 39.2 Å². The Bertz CT molecular complexity index is 855. The van der Waals surface area contributed by atoms with Crippen LogP contribution in [-0.4, -0.2) is 69.2 Å². The van der Waals surface area contributed by atoms with Crippen LogP contribution in [0.4, 0.5) is 4.39 Å². The lowest BCUT2D eigenvalue weighted by Crippen LogP contribution is -2.57. The second-order valence-corrected chi connectivity index (χ2v) is 11.3. The topological polar surface area (TPSA) is 71.0 Å². The Morgan fingerprint density at radius 1 is 1.30 bits per heavy atom. The van der Waals surface area contributed by atoms with Gasteiger partial charge in [0, 0.05) is 38.3 Å². The van der Waals surface area contributed by atoms with Crippen LogP contribution in [0.15, 0.2) is 29.3 Å². The van der Waals surface area contributed by atoms with Gasteiger partial charge in [-0.1, -0.05) is 12.1 Å². The minimum Gasteiger partial charge on any atom is -0.381 e. The summed E-state index contributed by atoms with van der Waals surface area (Å²) in [5, 5.41) is 3.31. The molecule has 0 radical (unpaired) electrons. The average molecular weight is 553 g/mol. The number of aliphatic imine (C=N–C) groups is 1. The molecule has 0 aromatic heterocycles. The predicted octanol–water partition coefficient (Wildman–Crippen LogP) is 2.97. The molecule has 2 heterocycles. The van der Waals surface area contributed by atoms with Gasteiger partial charge in [-0.3, -0.25) is 4.99 Å². The number of nitrogens with one attached hydrogen (secondary N) is 1. The number of hydrogen-bond acceptors (Lipinski definition) is 4. The van der Waals surface area contributed by atoms with E-state index in [2.05, 4.69) is 5.32 Å². The number of halogens is 2. The number of ether oxygens (including phenoxy) is 1. The molecule has 2 fully saturated rings. The van der Waals surface area contributed by atoms with Gasteiger partial charge in [-0.05, 0) is 51.3 Å². The molecule has 2 aliphatic rings. The molecule has 0 unspecified atom stereocenters. The fourth-order valence-electron chi connectivity index (χ4n) is 4.10. The summed E-state index contributed by atoms with van der Waals surface area (Å²) in [6, 6.07) is 6.77. The molecule has 30 heavy (non-hydrogen) atoms. The molecular weight excluding hydrogens is 520 g/mol. The summed E-state index contributed by atoms with van der Waals surface area (Å²) in [5.74, 6) is 0.595. The third kappa shape index (κ3) is 5.45. The van der Waals surface area contributed by atoms with E-state index in [-0.39, 0.29) is 41.0 Å². The highest BCUT2D eigenvalue weighted by Gasteiger charge is 2.41. The molecule has 1 aromatic carbocycles. The summed E-state index contributed by atoms with van der Waals surface area (Å²) < 4.78 is 43.4. The number of sulfone groups is 1. The Labute approximate surface area is 196 Å². The summed E-state index contributed by atoms with van der Waals surface area (Å²) in [6.45, 7) is 8.80. The van der Waals surface area contributed by atoms with Gasteiger partial charge in [0.15, 0.2) is 15.8 Å². The third-order valence-corrected chi connectivity index (χ3v) is 8.63. The predicted molar refractivity (Wildman–Crippen MR) is 129 cm³/mol. The Morgan fingerprint density at radius 3 is 2.60 bits per heavy atom. The number of rotatable bonds is 4. The molecule has 0 bridgehead atoms. The molecule has 6 nitrogen and oxygen atoms in total. The van der Waals surface area contributed by atoms with Crippen molar-refractivity contribution in [3.8, 4) is 0 Å². The molecule has 0 amide bonds. The standard InChI is InChI=1S/C21H32FN3O3S.HI/c1-4-23-19(25-10-13-29(26,27)20(2,3)16-25)24-15-21(8-11-28-12-9-21)17-6-5-7-18(22)14-17;/h5-7,14H,4,8-13,15-16H2,1-3H3,(H,23,24);1H. The summed E-state index contributed by atoms with van der Waals surface area (Å²) in [6.07, 6.45) is 1.55. The Kier molecular flexibility index (Phi) is 8.54. The van der Waals surface area contributed by atoms with Gasteiger partial charge in [-0.15, -0.1) is 24.0 Å². The molecular formula is C21H33FIN3O3S. The highest BCUT2D eigenvalue weighted by molar-refractivity contribution is 14.0. The molecule has 0 spiro atoms. The van der Waals surface area contributed by atoms with Crippen LogP contribution in [0, 0.1) is 5.82 Å². The van der Waals surface area contributed by atoms with Crippen molar-refractivity contribution in [2.24, 2.45) is 4.99 Å². The van der Waals surface area contributed by atoms with Gasteiger partial charge >= 0.3 is 0 Å². The maximum absolute atomic E-state index is 13.9. The first-order valence-electron chi connectivity index (χ1n) is 10.3. The van der Waals surface area contributed by atoms with Crippen LogP contribution >= 0.6 is 24.0 Å². The maximum atomic E-state index is 13.9. The molecule has 0 aliphatic carbocycles. The number of nitrogens with zero attached hydrogens (tertiary/aromatic N) is 2. The van der Waals surface area contributed by atoms with Crippen molar-refractivity contribution >= 4 is 39.8 Å². The zero-order valence-corrected chi connectivity index (χ0v) is 21.1. The summed E-state index contributed by atoms with van der Waals surface area (Å²) in [7, 11) is -3.12. The molecule has 3 rings (SSSR count). The van der Waals surface area contributed by atoms with Crippen LogP contribution in [-0.2, 0) is 20.0 Å². The molecule has 9 heteroatoms. The SMILES string of the molecule is CCNC(=NCC1(c2cccc(F)c2)CCOCC1)N1CCS(=O)(=O)C(C)(C)C1.I. The highest BCUT2D eigenvalue weighted by Crippen LogP contribution is 2.35. The quantitative estimate of drug-likeness (QED) is 0.353. The van der Waals surface area contributed by atoms with Crippen molar-refractivity contribution in [1.82, 2.24) is 10.2 Å². The minimum absolute atomic E-state index is 0. The summed E-state index contributed by atoms with van der Waals surface area (Å²) in [4.78, 5) is 6.94. The van der Waals surface area contributed by atoms with Crippen molar-refractivity contribution in [1.29, 1.82) is 0 Å². The molecule has 2 saturated heterocycles. The van der Waals surface area contributed by atoms with Crippen molar-refractivity contribution < 1.29 is 17.5 Å². The molecule has 2 aliphatic heterocycles. The van der Waals surface area contributed by atoms with Gasteiger partial charge in [0.2, 0.25) is 0 Å². The van der Waals surface area contributed by atoms with Crippen molar-refractivity contribution in [3.63, 3.8) is 0 Å². The van der Waals surface area contributed by atoms with E-state index < -0.39 is 14.6 Å². The molecule has 1 aromatic rings. The van der Waals surface area contributed by atoms with Crippen LogP contribution in [0.2, 0.25) is 0 Å². The first-order valence-corrected chi connectivity index (χ1v) is 11.9. The van der Waals surface area contributed by atoms with E-state index in [1.807, 2.05) is 17.9 Å². The highest BCUT2D eigenvalue weighted by atomic mass is 127. The van der Waals surface area contributed by atoms with Gasteiger partial charge in [-0.25, -0.2) is 12.8 Å². The van der Waals surface area contributed by atoms with Crippen molar-refractivity contribution in [2.45, 2.75) is 43.8 Å². The van der Waals surface area contributed by atoms with E-state index in [1.165, 1.54) is 6.07 Å². The van der Waals surface area contributed by atoms with Gasteiger partial charge in [0.05, 0.1) is 17.0 Å². The van der Waals surface area contributed by atoms with E-state index in [0.717, 1.165) is 24.4 Å². The number of hydrogen-bond donors (Lipinski definition) is 1. The molecule has 170 valence electrons. The van der Waals surface area contributed by atoms with E-state index in [0.29, 0.717) is 39.4 Å². The largest absolute Gasteiger partial charge is 0.381 e. The van der Waals surface area contributed by atoms with E-state index in [4.69, 9.17) is 9.73 Å². The first-order chi connectivity index (χ1) is 13.7. The Morgan fingerprint density at radius 2 is 2.00 bits per heavy atom. The van der Waals surface area contributed by atoms with E-state index in [9.17, 15) is 12.8 Å². The van der Waals surface area contributed by atoms with Gasteiger partial charge in [0.25, 0.3) is 0 Å². The fourth-order valence-corrected chi connectivity index (χ4v) is 5.46. The first kappa shape index (κ1) is 25.3. The number of benzene rings is 1. The third-order valence-electron chi connectivity index (χ3n) is 6.10. The van der Waals surface area contributed by atoms with E-state index >= 15 is 0 Å². The molecule has 0 saturated carbocycles. The Hall–Kier alpha value is -0.940. The Balaban J connectivity index is 0.00000320. The second-order valence-electron chi connectivity index (χ2n) is 8.57. The molecule has 0 atom stereocenters. The van der Waals surface area contributed by atoms with Crippen LogP contribution in [0.25, 0.3) is 0 Å². The fraction of sp³-hybridized carbons (Fsp3) is 0.667. The zero-order valence-electron chi connectivity index (χ0n) is 18.0. The van der Waals surface area contributed by atoms with Crippen molar-refractivity contribution in [2.75, 3.05) is 45.1 Å². The lowest BCUT2D eigenvalue weighted by Gasteiger charge is -2.40. The summed E-state index contributed by atoms with van der Waals surface area (Å²) in [5.41, 5.74) is 0.667. The van der Waals surface area contributed by atoms with Crippen LogP contribution in [0.3, 0.4) is 0 Å². The zero-order chi connectivity index (χ0) is 21.1. The van der Waals surface area contributed by atoms with Gasteiger partial charge in [0.1, 0.15) is 5.82 Å². The van der Waals surface area contributed by atoms with Crippen LogP contribution in [0.5, 0.6) is 0 Å². The monoisotopic (exact) mass is 553 g/mol. The second kappa shape index (κ2) is 10.1. The lowest BCUT2D eigenvalue weighted by molar-refractivity contribution is 0.0529. The van der Waals surface area contributed by atoms with E-state index in [1.54, 1.807) is 26.0 Å². The van der Waals surface area contributed by atoms with Gasteiger partial charge in [-0.2, -0.15) is 0 Å². The van der Waals surface area contributed by atoms with Crippen molar-refractivity contribution in [3.05, 3.63) is 35.6 Å². The van der Waals surface area contributed by atoms with Gasteiger partial charge < -0.3 is 15.0 Å².